The van der Waals surface area contributed by atoms with Gasteiger partial charge >= 0.3 is 5.97 Å². The van der Waals surface area contributed by atoms with Crippen molar-refractivity contribution < 1.29 is 19.0 Å². The van der Waals surface area contributed by atoms with Crippen LogP contribution in [0.1, 0.15) is 37.4 Å². The molecule has 3 aromatic rings. The van der Waals surface area contributed by atoms with Crippen LogP contribution < -0.4 is 24.4 Å². The number of hydrogen-bond donors (Lipinski definition) is 0. The van der Waals surface area contributed by atoms with Crippen LogP contribution >= 0.6 is 27.3 Å². The Morgan fingerprint density at radius 2 is 2.00 bits per heavy atom. The van der Waals surface area contributed by atoms with E-state index in [2.05, 4.69) is 21.9 Å². The zero-order chi connectivity index (χ0) is 26.5. The van der Waals surface area contributed by atoms with E-state index in [-0.39, 0.29) is 12.2 Å². The van der Waals surface area contributed by atoms with Crippen molar-refractivity contribution in [2.45, 2.75) is 26.3 Å². The van der Waals surface area contributed by atoms with Crippen molar-refractivity contribution in [1.82, 2.24) is 4.57 Å². The minimum atomic E-state index is -0.646. The fourth-order valence-corrected chi connectivity index (χ4v) is 5.75. The maximum Gasteiger partial charge on any atom is 0.338 e. The first kappa shape index (κ1) is 26.5. The highest BCUT2D eigenvalue weighted by Gasteiger charge is 2.33. The lowest BCUT2D eigenvalue weighted by atomic mass is 9.95. The number of allylic oxidation sites excluding steroid dienone is 1. The molecule has 37 heavy (non-hydrogen) atoms. The van der Waals surface area contributed by atoms with E-state index >= 15 is 0 Å². The van der Waals surface area contributed by atoms with Gasteiger partial charge in [0.2, 0.25) is 0 Å². The zero-order valence-electron chi connectivity index (χ0n) is 20.6. The second-order valence-electron chi connectivity index (χ2n) is 7.95. The monoisotopic (exact) mass is 580 g/mol. The highest BCUT2D eigenvalue weighted by atomic mass is 79.9. The number of aromatic nitrogens is 1. The van der Waals surface area contributed by atoms with Crippen molar-refractivity contribution in [3.63, 3.8) is 0 Å². The zero-order valence-corrected chi connectivity index (χ0v) is 23.0. The summed E-state index contributed by atoms with van der Waals surface area (Å²) in [5.41, 5.74) is 2.24. The summed E-state index contributed by atoms with van der Waals surface area (Å²) in [5, 5.41) is 0. The topological polar surface area (TPSA) is 79.1 Å². The van der Waals surface area contributed by atoms with E-state index in [1.165, 1.54) is 18.4 Å². The molecule has 190 valence electrons. The molecule has 4 rings (SSSR count). The highest BCUT2D eigenvalue weighted by molar-refractivity contribution is 9.10. The highest BCUT2D eigenvalue weighted by Crippen LogP contribution is 2.37. The third-order valence-corrected chi connectivity index (χ3v) is 7.27. The Bertz CT molecular complexity index is 1580. The van der Waals surface area contributed by atoms with Crippen LogP contribution in [-0.2, 0) is 9.53 Å². The van der Waals surface area contributed by atoms with E-state index in [4.69, 9.17) is 25.6 Å². The Balaban J connectivity index is 1.92. The van der Waals surface area contributed by atoms with Crippen molar-refractivity contribution in [3.8, 4) is 23.8 Å². The molecule has 0 radical (unpaired) electrons. The lowest BCUT2D eigenvalue weighted by molar-refractivity contribution is -0.136. The first-order valence-corrected chi connectivity index (χ1v) is 13.2. The molecule has 1 aromatic heterocycles. The number of carbonyl (C=O) groups excluding carboxylic acids is 1. The molecule has 0 saturated carbocycles. The van der Waals surface area contributed by atoms with Crippen molar-refractivity contribution in [2.75, 3.05) is 20.3 Å². The molecule has 1 aliphatic rings. The molecule has 9 heteroatoms. The predicted octanol–water partition coefficient (Wildman–Crippen LogP) is 3.97. The Hall–Kier alpha value is -3.61. The van der Waals surface area contributed by atoms with Gasteiger partial charge in [-0.1, -0.05) is 54.5 Å². The normalized spacial score (nSPS) is 15.0. The molecule has 0 saturated heterocycles. The van der Waals surface area contributed by atoms with Gasteiger partial charge < -0.3 is 14.2 Å². The minimum Gasteiger partial charge on any atom is -0.490 e. The summed E-state index contributed by atoms with van der Waals surface area (Å²) in [7, 11) is 1.33. The second kappa shape index (κ2) is 11.6. The van der Waals surface area contributed by atoms with Crippen LogP contribution in [0, 0.1) is 12.3 Å². The maximum atomic E-state index is 13.8. The number of rotatable bonds is 8. The van der Waals surface area contributed by atoms with E-state index in [1.54, 1.807) is 16.7 Å². The molecule has 2 heterocycles. The molecular weight excluding hydrogens is 556 g/mol. The van der Waals surface area contributed by atoms with E-state index in [0.29, 0.717) is 49.6 Å². The molecule has 0 bridgehead atoms. The van der Waals surface area contributed by atoms with Crippen molar-refractivity contribution >= 4 is 39.3 Å². The Morgan fingerprint density at radius 1 is 1.24 bits per heavy atom. The van der Waals surface area contributed by atoms with Gasteiger partial charge in [-0.3, -0.25) is 9.36 Å². The standard InChI is InChI=1S/C28H25BrN2O5S/c1-5-13-36-25-19(29)14-17(15-21(25)35-7-3)16-22-26(32)31-24(18-11-9-8-10-12-18)23(27(33)34-4)20(6-2)30-28(31)37-22/h1,8-12,14-16,24H,6-7,13H2,2-4H3/b22-16-/t24-/m0/s1. The van der Waals surface area contributed by atoms with Gasteiger partial charge in [0.15, 0.2) is 16.3 Å². The van der Waals surface area contributed by atoms with E-state index in [9.17, 15) is 9.59 Å². The summed E-state index contributed by atoms with van der Waals surface area (Å²) in [4.78, 5) is 31.9. The van der Waals surface area contributed by atoms with Gasteiger partial charge in [-0.2, -0.15) is 0 Å². The van der Waals surface area contributed by atoms with Gasteiger partial charge in [0, 0.05) is 0 Å². The molecule has 0 amide bonds. The summed E-state index contributed by atoms with van der Waals surface area (Å²) in [6.07, 6.45) is 7.64. The third-order valence-electron chi connectivity index (χ3n) is 5.69. The Labute approximate surface area is 226 Å². The van der Waals surface area contributed by atoms with Crippen molar-refractivity contribution in [3.05, 3.63) is 89.0 Å². The third kappa shape index (κ3) is 5.26. The summed E-state index contributed by atoms with van der Waals surface area (Å²) in [6.45, 7) is 4.32. The first-order chi connectivity index (χ1) is 17.9. The van der Waals surface area contributed by atoms with Crippen LogP contribution in [0.3, 0.4) is 0 Å². The molecule has 7 nitrogen and oxygen atoms in total. The number of methoxy groups -OCH3 is 1. The minimum absolute atomic E-state index is 0.0956. The molecule has 0 aliphatic carbocycles. The number of hydrogen-bond acceptors (Lipinski definition) is 7. The number of ether oxygens (including phenoxy) is 3. The number of carbonyl (C=O) groups is 1. The molecular formula is C28H25BrN2O5S. The lowest BCUT2D eigenvalue weighted by Gasteiger charge is -2.25. The van der Waals surface area contributed by atoms with Crippen LogP contribution in [0.5, 0.6) is 11.5 Å². The molecule has 0 unspecified atom stereocenters. The lowest BCUT2D eigenvalue weighted by Crippen LogP contribution is -2.40. The predicted molar refractivity (Wildman–Crippen MR) is 146 cm³/mol. The van der Waals surface area contributed by atoms with Gasteiger partial charge in [0.1, 0.15) is 6.61 Å². The Kier molecular flexibility index (Phi) is 8.31. The molecule has 0 spiro atoms. The SMILES string of the molecule is C#CCOc1c(Br)cc(/C=c2\sc3n(c2=O)[C@@H](c2ccccc2)C(C(=O)OC)=C(CC)N=3)cc1OCC. The maximum absolute atomic E-state index is 13.8. The van der Waals surface area contributed by atoms with E-state index in [0.717, 1.165) is 11.1 Å². The van der Waals surface area contributed by atoms with E-state index < -0.39 is 12.0 Å². The van der Waals surface area contributed by atoms with Gasteiger partial charge in [-0.15, -0.1) is 6.42 Å². The fourth-order valence-electron chi connectivity index (χ4n) is 4.15. The molecule has 2 aromatic carbocycles. The van der Waals surface area contributed by atoms with Gasteiger partial charge in [-0.05, 0) is 58.6 Å². The van der Waals surface area contributed by atoms with Crippen LogP contribution in [0.15, 0.2) is 68.0 Å². The van der Waals surface area contributed by atoms with Gasteiger partial charge in [-0.25, -0.2) is 9.79 Å². The number of terminal acetylenes is 1. The smallest absolute Gasteiger partial charge is 0.338 e. The Morgan fingerprint density at radius 3 is 2.65 bits per heavy atom. The summed E-state index contributed by atoms with van der Waals surface area (Å²) in [5.74, 6) is 2.95. The number of thiazole rings is 1. The van der Waals surface area contributed by atoms with Crippen LogP contribution in [0.4, 0.5) is 0 Å². The summed E-state index contributed by atoms with van der Waals surface area (Å²) in [6, 6.07) is 12.4. The first-order valence-electron chi connectivity index (χ1n) is 11.6. The molecule has 0 fully saturated rings. The van der Waals surface area contributed by atoms with Crippen LogP contribution in [0.2, 0.25) is 0 Å². The largest absolute Gasteiger partial charge is 0.490 e. The van der Waals surface area contributed by atoms with Crippen LogP contribution in [-0.4, -0.2) is 30.9 Å². The van der Waals surface area contributed by atoms with Gasteiger partial charge in [0.25, 0.3) is 5.56 Å². The number of benzene rings is 2. The van der Waals surface area contributed by atoms with Gasteiger partial charge in [0.05, 0.1) is 40.0 Å². The second-order valence-corrected chi connectivity index (χ2v) is 9.82. The summed E-state index contributed by atoms with van der Waals surface area (Å²) < 4.78 is 19.2. The quantitative estimate of drug-likeness (QED) is 0.297. The van der Waals surface area contributed by atoms with E-state index in [1.807, 2.05) is 50.2 Å². The van der Waals surface area contributed by atoms with Crippen molar-refractivity contribution in [2.24, 2.45) is 4.99 Å². The average molecular weight is 581 g/mol. The molecule has 0 N–H and O–H groups in total. The fraction of sp³-hybridized carbons (Fsp3) is 0.250. The number of nitrogens with zero attached hydrogens (tertiary/aromatic N) is 2. The number of esters is 1. The average Bonchev–Trinajstić information content (AvgIpc) is 3.21. The van der Waals surface area contributed by atoms with Crippen LogP contribution in [0.25, 0.3) is 6.08 Å². The van der Waals surface area contributed by atoms with Crippen molar-refractivity contribution in [1.29, 1.82) is 0 Å². The number of halogens is 1. The number of fused-ring (bicyclic) bond motifs is 1. The molecule has 1 atom stereocenters. The summed E-state index contributed by atoms with van der Waals surface area (Å²) >= 11 is 4.79. The molecule has 1 aliphatic heterocycles.